The molecule has 1 atom stereocenters. The predicted molar refractivity (Wildman–Crippen MR) is 28.5 cm³/mol. The van der Waals surface area contributed by atoms with Crippen LogP contribution in [-0.4, -0.2) is 24.0 Å². The molecular formula is C4H3N3O3. The van der Waals surface area contributed by atoms with E-state index in [1.54, 1.807) is 0 Å². The van der Waals surface area contributed by atoms with Crippen molar-refractivity contribution in [3.8, 4) is 0 Å². The van der Waals surface area contributed by atoms with Crippen molar-refractivity contribution in [3.05, 3.63) is 0 Å². The van der Waals surface area contributed by atoms with Crippen molar-refractivity contribution in [2.24, 2.45) is 10.4 Å². The summed E-state index contributed by atoms with van der Waals surface area (Å²) in [6.45, 7) is 0. The van der Waals surface area contributed by atoms with Crippen molar-refractivity contribution >= 4 is 17.9 Å². The molecule has 10 heavy (non-hydrogen) atoms. The summed E-state index contributed by atoms with van der Waals surface area (Å²) in [5.74, 6) is -1.83. The molecule has 0 saturated heterocycles. The zero-order valence-corrected chi connectivity index (χ0v) is 4.77. The van der Waals surface area contributed by atoms with E-state index in [0.717, 1.165) is 0 Å². The van der Waals surface area contributed by atoms with Gasteiger partial charge in [-0.1, -0.05) is 5.11 Å². The van der Waals surface area contributed by atoms with Crippen LogP contribution in [0.25, 0.3) is 0 Å². The van der Waals surface area contributed by atoms with Crippen molar-refractivity contribution in [1.82, 2.24) is 0 Å². The van der Waals surface area contributed by atoms with Crippen LogP contribution >= 0.6 is 0 Å². The van der Waals surface area contributed by atoms with E-state index < -0.39 is 17.8 Å². The highest BCUT2D eigenvalue weighted by Gasteiger charge is 2.28. The fourth-order valence-electron chi connectivity index (χ4n) is 0.436. The molecule has 1 aliphatic heterocycles. The number of carbonyl (C=O) groups excluding carboxylic acids is 2. The van der Waals surface area contributed by atoms with Crippen LogP contribution in [0.5, 0.6) is 0 Å². The molecule has 1 amide bonds. The van der Waals surface area contributed by atoms with Crippen LogP contribution in [0.2, 0.25) is 0 Å². The molecule has 1 unspecified atom stereocenters. The zero-order valence-electron chi connectivity index (χ0n) is 4.77. The lowest BCUT2D eigenvalue weighted by Gasteiger charge is -2.07. The van der Waals surface area contributed by atoms with Crippen LogP contribution in [-0.2, 0) is 14.4 Å². The third-order valence-electron chi connectivity index (χ3n) is 0.913. The van der Waals surface area contributed by atoms with Crippen LogP contribution in [0.4, 0.5) is 0 Å². The van der Waals surface area contributed by atoms with Gasteiger partial charge in [-0.15, -0.1) is 0 Å². The summed E-state index contributed by atoms with van der Waals surface area (Å²) < 4.78 is 0. The molecule has 0 radical (unpaired) electrons. The Hall–Kier alpha value is -1.59. The van der Waals surface area contributed by atoms with E-state index >= 15 is 0 Å². The van der Waals surface area contributed by atoms with Crippen LogP contribution in [0.1, 0.15) is 0 Å². The lowest BCUT2D eigenvalue weighted by molar-refractivity contribution is -0.145. The number of rotatable bonds is 1. The summed E-state index contributed by atoms with van der Waals surface area (Å²) in [4.78, 5) is 25.2. The smallest absolute Gasteiger partial charge is 0.338 e. The molecule has 0 aliphatic carbocycles. The molecule has 0 saturated carbocycles. The van der Waals surface area contributed by atoms with Gasteiger partial charge in [-0.2, -0.15) is 0 Å². The topological polar surface area (TPSA) is 91.9 Å². The van der Waals surface area contributed by atoms with E-state index in [9.17, 15) is 9.59 Å². The molecule has 6 nitrogen and oxygen atoms in total. The molecule has 6 heteroatoms. The van der Waals surface area contributed by atoms with Crippen molar-refractivity contribution in [3.63, 3.8) is 0 Å². The number of hydrogen-bond acceptors (Lipinski definition) is 5. The second kappa shape index (κ2) is 2.34. The molecule has 1 heterocycles. The Balaban J connectivity index is 2.84. The number of hydrogen-bond donors (Lipinski definition) is 1. The third kappa shape index (κ3) is 0.903. The van der Waals surface area contributed by atoms with Gasteiger partial charge >= 0.3 is 5.91 Å². The lowest BCUT2D eigenvalue weighted by atomic mass is 10.2. The van der Waals surface area contributed by atoms with Gasteiger partial charge in [0.25, 0.3) is 5.78 Å². The largest absolute Gasteiger partial charge is 0.361 e. The van der Waals surface area contributed by atoms with Crippen LogP contribution < -0.4 is 0 Å². The van der Waals surface area contributed by atoms with Gasteiger partial charge in [0, 0.05) is 11.5 Å². The second-order valence-corrected chi connectivity index (χ2v) is 1.54. The van der Waals surface area contributed by atoms with Crippen LogP contribution in [0, 0.1) is 5.41 Å². The lowest BCUT2D eigenvalue weighted by Crippen LogP contribution is -2.32. The Bertz CT molecular complexity index is 222. The third-order valence-corrected chi connectivity index (χ3v) is 0.913. The Labute approximate surface area is 55.4 Å². The maximum Gasteiger partial charge on any atom is 0.338 e. The molecule has 1 N–H and O–H groups in total. The highest BCUT2D eigenvalue weighted by Crippen LogP contribution is 2.00. The van der Waals surface area contributed by atoms with Crippen molar-refractivity contribution in [2.45, 2.75) is 6.10 Å². The monoisotopic (exact) mass is 141 g/mol. The number of nitrogens with zero attached hydrogens (tertiary/aromatic N) is 2. The van der Waals surface area contributed by atoms with E-state index in [1.165, 1.54) is 0 Å². The van der Waals surface area contributed by atoms with Gasteiger partial charge in [0.1, 0.15) is 0 Å². The Morgan fingerprint density at radius 2 is 2.30 bits per heavy atom. The minimum atomic E-state index is -1.18. The summed E-state index contributed by atoms with van der Waals surface area (Å²) in [5.41, 5.74) is 0. The number of nitrogens with one attached hydrogen (secondary N) is 1. The molecule has 1 aliphatic rings. The summed E-state index contributed by atoms with van der Waals surface area (Å²) in [5, 5.41) is 12.3. The molecule has 0 aromatic heterocycles. The molecule has 0 spiro atoms. The minimum Gasteiger partial charge on any atom is -0.361 e. The first kappa shape index (κ1) is 6.53. The summed E-state index contributed by atoms with van der Waals surface area (Å²) in [6.07, 6.45) is -0.483. The molecule has 0 aromatic carbocycles. The quantitative estimate of drug-likeness (QED) is 0.394. The number of amides is 1. The molecule has 0 aromatic rings. The standard InChI is InChI=1S/C4H3N3O3/c5-1-2-3(8)4(9)6-7-10-2/h1-2,5H. The van der Waals surface area contributed by atoms with Crippen LogP contribution in [0.15, 0.2) is 10.4 Å². The number of Topliss-reactive ketones (excluding diaryl/α,β-unsaturated/α-hetero) is 1. The normalized spacial score (nSPS) is 24.2. The number of ketones is 1. The van der Waals surface area contributed by atoms with Gasteiger partial charge in [0.05, 0.1) is 0 Å². The Kier molecular flexibility index (Phi) is 1.53. The van der Waals surface area contributed by atoms with E-state index in [0.29, 0.717) is 6.21 Å². The molecular weight excluding hydrogens is 138 g/mol. The highest BCUT2D eigenvalue weighted by molar-refractivity contribution is 6.41. The summed E-state index contributed by atoms with van der Waals surface area (Å²) in [7, 11) is 0. The molecule has 0 bridgehead atoms. The fraction of sp³-hybridized carbons (Fsp3) is 0.250. The first-order chi connectivity index (χ1) is 4.75. The van der Waals surface area contributed by atoms with Crippen molar-refractivity contribution < 1.29 is 14.4 Å². The first-order valence-electron chi connectivity index (χ1n) is 2.41. The maximum atomic E-state index is 10.6. The first-order valence-corrected chi connectivity index (χ1v) is 2.41. The van der Waals surface area contributed by atoms with Gasteiger partial charge in [-0.05, 0) is 0 Å². The Morgan fingerprint density at radius 1 is 1.60 bits per heavy atom. The van der Waals surface area contributed by atoms with Gasteiger partial charge in [0.2, 0.25) is 6.10 Å². The molecule has 0 fully saturated rings. The van der Waals surface area contributed by atoms with Gasteiger partial charge in [0.15, 0.2) is 0 Å². The van der Waals surface area contributed by atoms with E-state index in [2.05, 4.69) is 15.2 Å². The maximum absolute atomic E-state index is 10.6. The van der Waals surface area contributed by atoms with E-state index in [4.69, 9.17) is 5.41 Å². The summed E-state index contributed by atoms with van der Waals surface area (Å²) >= 11 is 0. The zero-order chi connectivity index (χ0) is 7.56. The Morgan fingerprint density at radius 3 is 2.80 bits per heavy atom. The van der Waals surface area contributed by atoms with Gasteiger partial charge in [-0.25, -0.2) is 0 Å². The van der Waals surface area contributed by atoms with Gasteiger partial charge in [-0.3, -0.25) is 9.59 Å². The SMILES string of the molecule is N=CC1ON=NC(=O)C1=O. The van der Waals surface area contributed by atoms with E-state index in [-0.39, 0.29) is 0 Å². The van der Waals surface area contributed by atoms with Gasteiger partial charge < -0.3 is 10.2 Å². The molecule has 1 rings (SSSR count). The predicted octanol–water partition coefficient (Wildman–Crippen LogP) is -0.502. The van der Waals surface area contributed by atoms with Crippen LogP contribution in [0.3, 0.4) is 0 Å². The summed E-state index contributed by atoms with van der Waals surface area (Å²) in [6, 6.07) is 0. The highest BCUT2D eigenvalue weighted by atomic mass is 16.7. The van der Waals surface area contributed by atoms with Crippen molar-refractivity contribution in [1.29, 1.82) is 5.41 Å². The molecule has 52 valence electrons. The average molecular weight is 141 g/mol. The van der Waals surface area contributed by atoms with Crippen molar-refractivity contribution in [2.75, 3.05) is 0 Å². The second-order valence-electron chi connectivity index (χ2n) is 1.54. The van der Waals surface area contributed by atoms with E-state index in [1.807, 2.05) is 0 Å². The minimum absolute atomic E-state index is 0.693. The average Bonchev–Trinajstić information content (AvgIpc) is 1.95. The fourth-order valence-corrected chi connectivity index (χ4v) is 0.436. The number of carbonyl (C=O) groups is 2.